The zero-order valence-corrected chi connectivity index (χ0v) is 5.26. The first-order valence-corrected chi connectivity index (χ1v) is 4.76. The Hall–Kier alpha value is 0.530. The van der Waals surface area contributed by atoms with Gasteiger partial charge >= 0.3 is 30.8 Å². The summed E-state index contributed by atoms with van der Waals surface area (Å²) in [6, 6.07) is 0. The summed E-state index contributed by atoms with van der Waals surface area (Å²) in [7, 11) is 0. The van der Waals surface area contributed by atoms with Crippen LogP contribution in [0.15, 0.2) is 0 Å². The number of hydrogen-bond donors (Lipinski definition) is 0. The first-order valence-electron chi connectivity index (χ1n) is 0.582. The molecule has 0 aromatic rings. The van der Waals surface area contributed by atoms with Crippen LogP contribution in [-0.4, -0.2) is 0 Å². The number of halogens is 2. The monoisotopic (exact) mass is 234 g/mol. The molecule has 0 spiro atoms. The third kappa shape index (κ3) is 21.1. The van der Waals surface area contributed by atoms with E-state index in [1.165, 1.54) is 0 Å². The first kappa shape index (κ1) is 4.53. The fraction of sp³-hybridized carbons (Fsp3) is 0. The van der Waals surface area contributed by atoms with Crippen molar-refractivity contribution in [3.8, 4) is 0 Å². The van der Waals surface area contributed by atoms with Crippen molar-refractivity contribution in [1.82, 2.24) is 0 Å². The van der Waals surface area contributed by atoms with Crippen LogP contribution in [0, 0.1) is 0 Å². The van der Waals surface area contributed by atoms with Crippen molar-refractivity contribution in [1.29, 1.82) is 0 Å². The molecule has 0 aliphatic rings. The molecule has 0 amide bonds. The SMILES string of the molecule is [O]=[Hf]([F])[F]. The average Bonchev–Trinajstić information content (AvgIpc) is 0.811. The third-order valence-corrected chi connectivity index (χ3v) is 0. The molecule has 0 heterocycles. The van der Waals surface area contributed by atoms with Crippen LogP contribution >= 0.6 is 0 Å². The van der Waals surface area contributed by atoms with Gasteiger partial charge in [-0.2, -0.15) is 0 Å². The van der Waals surface area contributed by atoms with Crippen molar-refractivity contribution in [3.05, 3.63) is 0 Å². The van der Waals surface area contributed by atoms with Gasteiger partial charge in [0.1, 0.15) is 0 Å². The second kappa shape index (κ2) is 1.81. The Kier molecular flexibility index (Phi) is 2.05. The maximum absolute atomic E-state index is 9.99. The van der Waals surface area contributed by atoms with E-state index in [2.05, 4.69) is 0 Å². The van der Waals surface area contributed by atoms with Gasteiger partial charge in [0.15, 0.2) is 0 Å². The molecule has 0 atom stereocenters. The summed E-state index contributed by atoms with van der Waals surface area (Å²) in [6.07, 6.45) is 0. The van der Waals surface area contributed by atoms with Crippen LogP contribution in [0.2, 0.25) is 0 Å². The number of hydrogen-bond acceptors (Lipinski definition) is 1. The van der Waals surface area contributed by atoms with E-state index in [1.807, 2.05) is 0 Å². The maximum atomic E-state index is 9.99. The Morgan fingerprint density at radius 2 is 1.50 bits per heavy atom. The van der Waals surface area contributed by atoms with Crippen LogP contribution in [-0.2, 0) is 25.5 Å². The summed E-state index contributed by atoms with van der Waals surface area (Å²) in [4.78, 5) is 0. The van der Waals surface area contributed by atoms with Gasteiger partial charge in [0.2, 0.25) is 0 Å². The summed E-state index contributed by atoms with van der Waals surface area (Å²) in [5, 5.41) is 0. The molecule has 0 aromatic heterocycles. The van der Waals surface area contributed by atoms with Gasteiger partial charge in [0.25, 0.3) is 0 Å². The van der Waals surface area contributed by atoms with E-state index >= 15 is 0 Å². The van der Waals surface area contributed by atoms with Crippen molar-refractivity contribution >= 4 is 0 Å². The Morgan fingerprint density at radius 1 is 1.50 bits per heavy atom. The molecule has 0 aromatic carbocycles. The molecule has 0 aliphatic heterocycles. The van der Waals surface area contributed by atoms with Crippen LogP contribution < -0.4 is 0 Å². The van der Waals surface area contributed by atoms with Gasteiger partial charge in [-0.05, 0) is 0 Å². The molecule has 24 valence electrons. The second-order valence-corrected chi connectivity index (χ2v) is 1.85. The molecular formula is F2HfO. The minimum atomic E-state index is -4.91. The van der Waals surface area contributed by atoms with Gasteiger partial charge in [-0.25, -0.2) is 0 Å². The Balaban J connectivity index is 2.80. The molecule has 0 rings (SSSR count). The van der Waals surface area contributed by atoms with Crippen LogP contribution in [0.25, 0.3) is 0 Å². The quantitative estimate of drug-likeness (QED) is 0.563. The Morgan fingerprint density at radius 3 is 1.50 bits per heavy atom. The molecular weight excluding hydrogens is 232 g/mol. The van der Waals surface area contributed by atoms with E-state index in [4.69, 9.17) is 2.85 Å². The van der Waals surface area contributed by atoms with E-state index in [-0.39, 0.29) is 0 Å². The average molecular weight is 232 g/mol. The minimum absolute atomic E-state index is 4.91. The molecule has 0 radical (unpaired) electrons. The van der Waals surface area contributed by atoms with E-state index in [0.29, 0.717) is 0 Å². The van der Waals surface area contributed by atoms with E-state index in [9.17, 15) is 5.33 Å². The molecule has 0 saturated carbocycles. The molecule has 1 nitrogen and oxygen atoms in total. The van der Waals surface area contributed by atoms with Gasteiger partial charge < -0.3 is 0 Å². The van der Waals surface area contributed by atoms with Crippen LogP contribution in [0.5, 0.6) is 0 Å². The summed E-state index contributed by atoms with van der Waals surface area (Å²) < 4.78 is 28.4. The van der Waals surface area contributed by atoms with Gasteiger partial charge in [0.05, 0.1) is 0 Å². The fourth-order valence-electron chi connectivity index (χ4n) is 0. The van der Waals surface area contributed by atoms with Crippen LogP contribution in [0.3, 0.4) is 0 Å². The van der Waals surface area contributed by atoms with E-state index in [0.717, 1.165) is 0 Å². The van der Waals surface area contributed by atoms with E-state index < -0.39 is 22.6 Å². The normalized spacial score (nSPS) is 6.50. The van der Waals surface area contributed by atoms with E-state index in [1.54, 1.807) is 0 Å². The molecule has 0 aliphatic carbocycles. The molecule has 0 N–H and O–H groups in total. The standard InChI is InChI=1S/2FH.Hf.O/h2*1H;;/q;;+2;/p-2. The summed E-state index contributed by atoms with van der Waals surface area (Å²) in [6.45, 7) is 0. The third-order valence-electron chi connectivity index (χ3n) is 0. The first-order chi connectivity index (χ1) is 1.73. The second-order valence-electron chi connectivity index (χ2n) is 0.226. The van der Waals surface area contributed by atoms with Crippen molar-refractivity contribution in [2.45, 2.75) is 0 Å². The van der Waals surface area contributed by atoms with Crippen LogP contribution in [0.1, 0.15) is 0 Å². The predicted octanol–water partition coefficient (Wildman–Crippen LogP) is 0.719. The van der Waals surface area contributed by atoms with Crippen molar-refractivity contribution in [3.63, 3.8) is 0 Å². The van der Waals surface area contributed by atoms with Gasteiger partial charge in [-0.15, -0.1) is 0 Å². The van der Waals surface area contributed by atoms with Gasteiger partial charge in [-0.3, -0.25) is 0 Å². The van der Waals surface area contributed by atoms with Crippen molar-refractivity contribution in [2.75, 3.05) is 0 Å². The van der Waals surface area contributed by atoms with Gasteiger partial charge in [-0.1, -0.05) is 0 Å². The summed E-state index contributed by atoms with van der Waals surface area (Å²) in [5.74, 6) is 0. The molecule has 4 heteroatoms. The molecule has 0 fully saturated rings. The topological polar surface area (TPSA) is 17.1 Å². The molecule has 0 bridgehead atoms. The Labute approximate surface area is 31.3 Å². The van der Waals surface area contributed by atoms with Crippen molar-refractivity contribution in [2.24, 2.45) is 0 Å². The molecule has 4 heavy (non-hydrogen) atoms. The zero-order valence-electron chi connectivity index (χ0n) is 1.66. The van der Waals surface area contributed by atoms with Gasteiger partial charge in [0, 0.05) is 0 Å². The number of rotatable bonds is 0. The van der Waals surface area contributed by atoms with Crippen LogP contribution in [0.4, 0.5) is 5.33 Å². The molecule has 0 unspecified atom stereocenters. The Bertz CT molecular complexity index is 29.0. The predicted molar refractivity (Wildman–Crippen MR) is 2.90 cm³/mol. The molecule has 0 saturated heterocycles. The summed E-state index contributed by atoms with van der Waals surface area (Å²) >= 11 is -4.91. The summed E-state index contributed by atoms with van der Waals surface area (Å²) in [5.41, 5.74) is 0. The fourth-order valence-corrected chi connectivity index (χ4v) is 0. The van der Waals surface area contributed by atoms with Crippen molar-refractivity contribution < 1.29 is 30.8 Å². The zero-order chi connectivity index (χ0) is 3.58.